The zero-order chi connectivity index (χ0) is 15.2. The zero-order valence-corrected chi connectivity index (χ0v) is 13.7. The first-order chi connectivity index (χ1) is 10.1. The summed E-state index contributed by atoms with van der Waals surface area (Å²) in [6.07, 6.45) is 0. The quantitative estimate of drug-likeness (QED) is 0.450. The van der Waals surface area contributed by atoms with E-state index in [0.717, 1.165) is 27.1 Å². The highest BCUT2D eigenvalue weighted by atomic mass is 127. The molecule has 0 aliphatic carbocycles. The molecule has 0 radical (unpaired) electrons. The van der Waals surface area contributed by atoms with E-state index >= 15 is 0 Å². The van der Waals surface area contributed by atoms with Crippen LogP contribution in [-0.4, -0.2) is 11.5 Å². The summed E-state index contributed by atoms with van der Waals surface area (Å²) in [5, 5.41) is 14.1. The Balaban J connectivity index is 2.17. The Labute approximate surface area is 136 Å². The lowest BCUT2D eigenvalue weighted by molar-refractivity contribution is -0.384. The Morgan fingerprint density at radius 3 is 2.57 bits per heavy atom. The second-order valence-electron chi connectivity index (χ2n) is 4.37. The Morgan fingerprint density at radius 1 is 1.24 bits per heavy atom. The van der Waals surface area contributed by atoms with Gasteiger partial charge in [-0.15, -0.1) is 0 Å². The monoisotopic (exact) mass is 398 g/mol. The van der Waals surface area contributed by atoms with Crippen molar-refractivity contribution in [2.24, 2.45) is 0 Å². The van der Waals surface area contributed by atoms with Crippen molar-refractivity contribution in [3.8, 4) is 5.75 Å². The first-order valence-corrected chi connectivity index (χ1v) is 7.57. The molecular formula is C15H15IN2O3. The van der Waals surface area contributed by atoms with Crippen LogP contribution in [0.5, 0.6) is 5.75 Å². The summed E-state index contributed by atoms with van der Waals surface area (Å²) in [4.78, 5) is 10.5. The first kappa shape index (κ1) is 15.6. The molecule has 2 rings (SSSR count). The van der Waals surface area contributed by atoms with Crippen LogP contribution in [-0.2, 0) is 6.61 Å². The largest absolute Gasteiger partial charge is 0.489 e. The maximum absolute atomic E-state index is 10.9. The Hall–Kier alpha value is -1.83. The number of hydrogen-bond donors (Lipinski definition) is 1. The predicted molar refractivity (Wildman–Crippen MR) is 90.8 cm³/mol. The molecule has 0 aliphatic heterocycles. The number of rotatable bonds is 6. The van der Waals surface area contributed by atoms with Crippen molar-refractivity contribution in [2.75, 3.05) is 11.9 Å². The van der Waals surface area contributed by atoms with E-state index in [1.807, 2.05) is 31.2 Å². The van der Waals surface area contributed by atoms with E-state index in [9.17, 15) is 10.1 Å². The topological polar surface area (TPSA) is 64.4 Å². The van der Waals surface area contributed by atoms with Crippen molar-refractivity contribution in [3.63, 3.8) is 0 Å². The average Bonchev–Trinajstić information content (AvgIpc) is 2.48. The van der Waals surface area contributed by atoms with Crippen LogP contribution in [0, 0.1) is 13.7 Å². The van der Waals surface area contributed by atoms with Gasteiger partial charge in [-0.3, -0.25) is 10.1 Å². The van der Waals surface area contributed by atoms with E-state index in [1.54, 1.807) is 12.1 Å². The van der Waals surface area contributed by atoms with Crippen molar-refractivity contribution >= 4 is 34.0 Å². The van der Waals surface area contributed by atoms with Crippen molar-refractivity contribution in [1.82, 2.24) is 0 Å². The number of nitrogens with one attached hydrogen (secondary N) is 1. The summed E-state index contributed by atoms with van der Waals surface area (Å²) in [5.41, 5.74) is 1.69. The fraction of sp³-hybridized carbons (Fsp3) is 0.200. The molecule has 6 heteroatoms. The second kappa shape index (κ2) is 7.26. The third kappa shape index (κ3) is 4.32. The van der Waals surface area contributed by atoms with Gasteiger partial charge in [0, 0.05) is 33.5 Å². The van der Waals surface area contributed by atoms with Crippen LogP contribution >= 0.6 is 22.6 Å². The summed E-state index contributed by atoms with van der Waals surface area (Å²) in [7, 11) is 0. The molecule has 21 heavy (non-hydrogen) atoms. The number of ether oxygens (including phenoxy) is 1. The molecule has 0 amide bonds. The molecule has 0 bridgehead atoms. The summed E-state index contributed by atoms with van der Waals surface area (Å²) in [6, 6.07) is 12.4. The van der Waals surface area contributed by atoms with Crippen LogP contribution in [0.2, 0.25) is 0 Å². The molecule has 0 heterocycles. The summed E-state index contributed by atoms with van der Waals surface area (Å²) >= 11 is 2.22. The Kier molecular flexibility index (Phi) is 5.38. The van der Waals surface area contributed by atoms with Crippen LogP contribution in [0.3, 0.4) is 0 Å². The van der Waals surface area contributed by atoms with E-state index in [1.165, 1.54) is 6.07 Å². The van der Waals surface area contributed by atoms with Gasteiger partial charge >= 0.3 is 0 Å². The van der Waals surface area contributed by atoms with Gasteiger partial charge in [-0.1, -0.05) is 0 Å². The van der Waals surface area contributed by atoms with E-state index in [0.29, 0.717) is 0 Å². The number of non-ortho nitro benzene ring substituents is 1. The number of halogens is 1. The number of nitrogens with zero attached hydrogens (tertiary/aromatic N) is 1. The minimum absolute atomic E-state index is 0.0675. The molecule has 0 saturated heterocycles. The number of anilines is 1. The Morgan fingerprint density at radius 2 is 1.95 bits per heavy atom. The van der Waals surface area contributed by atoms with Gasteiger partial charge in [-0.05, 0) is 59.8 Å². The van der Waals surface area contributed by atoms with Crippen LogP contribution in [0.25, 0.3) is 0 Å². The molecule has 2 aromatic rings. The number of benzene rings is 2. The molecule has 5 nitrogen and oxygen atoms in total. The van der Waals surface area contributed by atoms with Gasteiger partial charge in [0.25, 0.3) is 5.69 Å². The van der Waals surface area contributed by atoms with Crippen LogP contribution in [0.15, 0.2) is 42.5 Å². The van der Waals surface area contributed by atoms with Crippen molar-refractivity contribution in [3.05, 3.63) is 61.7 Å². The summed E-state index contributed by atoms with van der Waals surface area (Å²) in [6.45, 7) is 3.00. The van der Waals surface area contributed by atoms with Crippen LogP contribution < -0.4 is 10.1 Å². The van der Waals surface area contributed by atoms with Crippen LogP contribution in [0.4, 0.5) is 11.4 Å². The van der Waals surface area contributed by atoms with Gasteiger partial charge in [0.05, 0.1) is 4.92 Å². The van der Waals surface area contributed by atoms with Gasteiger partial charge in [0.15, 0.2) is 0 Å². The first-order valence-electron chi connectivity index (χ1n) is 6.49. The van der Waals surface area contributed by atoms with E-state index in [2.05, 4.69) is 27.9 Å². The lowest BCUT2D eigenvalue weighted by atomic mass is 10.1. The van der Waals surface area contributed by atoms with Crippen molar-refractivity contribution in [2.45, 2.75) is 13.5 Å². The fourth-order valence-electron chi connectivity index (χ4n) is 1.87. The lowest BCUT2D eigenvalue weighted by Gasteiger charge is -2.12. The minimum Gasteiger partial charge on any atom is -0.489 e. The Bertz CT molecular complexity index is 629. The van der Waals surface area contributed by atoms with Crippen LogP contribution in [0.1, 0.15) is 12.5 Å². The summed E-state index contributed by atoms with van der Waals surface area (Å²) in [5.74, 6) is 0.740. The molecule has 1 N–H and O–H groups in total. The number of nitro groups is 1. The molecule has 0 spiro atoms. The minimum atomic E-state index is -0.399. The van der Waals surface area contributed by atoms with Gasteiger partial charge < -0.3 is 10.1 Å². The number of hydrogen-bond acceptors (Lipinski definition) is 4. The smallest absolute Gasteiger partial charge is 0.269 e. The third-order valence-corrected chi connectivity index (χ3v) is 3.59. The zero-order valence-electron chi connectivity index (χ0n) is 11.5. The highest BCUT2D eigenvalue weighted by molar-refractivity contribution is 14.1. The fourth-order valence-corrected chi connectivity index (χ4v) is 2.23. The predicted octanol–water partition coefficient (Wildman–Crippen LogP) is 4.21. The molecule has 0 aliphatic rings. The molecule has 110 valence electrons. The van der Waals surface area contributed by atoms with Gasteiger partial charge in [-0.25, -0.2) is 0 Å². The van der Waals surface area contributed by atoms with Crippen molar-refractivity contribution in [1.29, 1.82) is 0 Å². The maximum Gasteiger partial charge on any atom is 0.269 e. The molecular weight excluding hydrogens is 383 g/mol. The van der Waals surface area contributed by atoms with Gasteiger partial charge in [0.2, 0.25) is 0 Å². The lowest BCUT2D eigenvalue weighted by Crippen LogP contribution is -2.04. The average molecular weight is 398 g/mol. The van der Waals surface area contributed by atoms with E-state index < -0.39 is 4.92 Å². The third-order valence-electron chi connectivity index (χ3n) is 2.87. The number of nitro benzene ring substituents is 1. The van der Waals surface area contributed by atoms with Gasteiger partial charge in [0.1, 0.15) is 12.4 Å². The highest BCUT2D eigenvalue weighted by Crippen LogP contribution is 2.24. The van der Waals surface area contributed by atoms with E-state index in [-0.39, 0.29) is 12.3 Å². The highest BCUT2D eigenvalue weighted by Gasteiger charge is 2.11. The summed E-state index contributed by atoms with van der Waals surface area (Å²) < 4.78 is 6.83. The van der Waals surface area contributed by atoms with E-state index in [4.69, 9.17) is 4.74 Å². The standard InChI is InChI=1S/C15H15IN2O3/c1-2-17-15-8-5-13(18(19)20)9-11(15)10-21-14-6-3-12(16)4-7-14/h3-9,17H,2,10H2,1H3. The van der Waals surface area contributed by atoms with Crippen molar-refractivity contribution < 1.29 is 9.66 Å². The molecule has 0 atom stereocenters. The molecule has 0 fully saturated rings. The second-order valence-corrected chi connectivity index (χ2v) is 5.62. The molecule has 0 saturated carbocycles. The molecule has 2 aromatic carbocycles. The SMILES string of the molecule is CCNc1ccc([N+](=O)[O-])cc1COc1ccc(I)cc1. The molecule has 0 unspecified atom stereocenters. The molecule has 0 aromatic heterocycles. The normalized spacial score (nSPS) is 10.2. The van der Waals surface area contributed by atoms with Gasteiger partial charge in [-0.2, -0.15) is 0 Å². The maximum atomic E-state index is 10.9.